The van der Waals surface area contributed by atoms with E-state index in [0.717, 1.165) is 0 Å². The summed E-state index contributed by atoms with van der Waals surface area (Å²) in [7, 11) is 0. The summed E-state index contributed by atoms with van der Waals surface area (Å²) in [5.41, 5.74) is 12.6. The third-order valence-electron chi connectivity index (χ3n) is 13.0. The maximum Gasteiger partial charge on any atom is -1.00 e. The van der Waals surface area contributed by atoms with E-state index in [-0.39, 0.29) is 24.8 Å². The van der Waals surface area contributed by atoms with Gasteiger partial charge in [0.15, 0.2) is 0 Å². The van der Waals surface area contributed by atoms with E-state index in [2.05, 4.69) is 201 Å². The van der Waals surface area contributed by atoms with Gasteiger partial charge in [0, 0.05) is 0 Å². The molecule has 0 fully saturated rings. The van der Waals surface area contributed by atoms with E-state index in [1.54, 1.807) is 43.0 Å². The van der Waals surface area contributed by atoms with Crippen LogP contribution in [-0.4, -0.2) is 12.0 Å². The van der Waals surface area contributed by atoms with Crippen molar-refractivity contribution in [2.24, 2.45) is 0 Å². The van der Waals surface area contributed by atoms with E-state index in [1.165, 1.54) is 48.0 Å². The Morgan fingerprint density at radius 1 is 0.310 bits per heavy atom. The van der Waals surface area contributed by atoms with E-state index in [1.807, 2.05) is 13.3 Å². The van der Waals surface area contributed by atoms with Crippen molar-refractivity contribution < 1.29 is 66.0 Å². The van der Waals surface area contributed by atoms with Gasteiger partial charge in [0.05, 0.1) is 0 Å². The van der Waals surface area contributed by atoms with E-state index in [0.29, 0.717) is 0 Å². The number of benzene rings is 4. The molecule has 0 amide bonds. The van der Waals surface area contributed by atoms with Gasteiger partial charge in [-0.2, -0.15) is 0 Å². The monoisotopic (exact) mass is 1170 g/mol. The second kappa shape index (κ2) is 21.4. The van der Waals surface area contributed by atoms with Gasteiger partial charge in [0.25, 0.3) is 0 Å². The summed E-state index contributed by atoms with van der Waals surface area (Å²) in [6.07, 6.45) is 14.8. The SMILES string of the molecule is CC1=CC[C]([Hf+]([C]2=C(C)C(C)=CC2)[SiH](c2ccccc2)c2ccccc2)=C1C.CC1=CC[C]([Hf+]([C]2=C(C)C(C)=CC2)[SiH](c2ccccc2)c2ccccc2)=C1C.[Cl-].[Cl-]. The predicted octanol–water partition coefficient (Wildman–Crippen LogP) is 4.79. The first kappa shape index (κ1) is 46.6. The van der Waals surface area contributed by atoms with Gasteiger partial charge >= 0.3 is 359 Å². The molecule has 0 N–H and O–H groups in total. The van der Waals surface area contributed by atoms with Crippen molar-refractivity contribution in [3.8, 4) is 0 Å². The number of hydrogen-bond donors (Lipinski definition) is 0. The summed E-state index contributed by atoms with van der Waals surface area (Å²) in [4.78, 5) is 0. The fourth-order valence-electron chi connectivity index (χ4n) is 9.14. The largest absolute Gasteiger partial charge is 1.00 e. The Balaban J connectivity index is 0.000000214. The molecule has 58 heavy (non-hydrogen) atoms. The summed E-state index contributed by atoms with van der Waals surface area (Å²) >= 11 is -4.59. The van der Waals surface area contributed by atoms with Crippen LogP contribution in [0.15, 0.2) is 204 Å². The van der Waals surface area contributed by atoms with Crippen LogP contribution in [0.3, 0.4) is 0 Å². The van der Waals surface area contributed by atoms with Gasteiger partial charge in [-0.3, -0.25) is 0 Å². The molecule has 4 aromatic carbocycles. The fourth-order valence-corrected chi connectivity index (χ4v) is 79.6. The first-order valence-corrected chi connectivity index (χ1v) is 43.7. The Morgan fingerprint density at radius 3 is 0.655 bits per heavy atom. The van der Waals surface area contributed by atoms with Crippen molar-refractivity contribution in [3.63, 3.8) is 0 Å². The van der Waals surface area contributed by atoms with Crippen molar-refractivity contribution in [2.75, 3.05) is 0 Å². The van der Waals surface area contributed by atoms with Gasteiger partial charge in [-0.25, -0.2) is 0 Å². The van der Waals surface area contributed by atoms with Crippen LogP contribution in [0, 0.1) is 0 Å². The molecule has 296 valence electrons. The smallest absolute Gasteiger partial charge is 1.00 e. The average molecular weight is 1170 g/mol. The van der Waals surface area contributed by atoms with Crippen molar-refractivity contribution in [2.45, 2.75) is 81.1 Å². The minimum atomic E-state index is -2.29. The van der Waals surface area contributed by atoms with Crippen molar-refractivity contribution in [3.05, 3.63) is 204 Å². The molecule has 0 bridgehead atoms. The molecule has 0 atom stereocenters. The second-order valence-corrected chi connectivity index (χ2v) is 57.0. The molecule has 6 heteroatoms. The van der Waals surface area contributed by atoms with Gasteiger partial charge < -0.3 is 24.8 Å². The molecule has 4 aromatic rings. The Hall–Kier alpha value is -2.45. The van der Waals surface area contributed by atoms with Crippen LogP contribution in [-0.2, 0) is 41.2 Å². The Kier molecular flexibility index (Phi) is 17.2. The van der Waals surface area contributed by atoms with Gasteiger partial charge in [0.2, 0.25) is 0 Å². The molecule has 4 aliphatic carbocycles. The molecule has 0 saturated heterocycles. The quantitative estimate of drug-likeness (QED) is 0.201. The van der Waals surface area contributed by atoms with Crippen LogP contribution >= 0.6 is 0 Å². The predicted molar refractivity (Wildman–Crippen MR) is 243 cm³/mol. The van der Waals surface area contributed by atoms with Gasteiger partial charge in [-0.1, -0.05) is 0 Å². The molecule has 0 spiro atoms. The zero-order chi connectivity index (χ0) is 39.3. The van der Waals surface area contributed by atoms with Crippen LogP contribution < -0.4 is 45.6 Å². The van der Waals surface area contributed by atoms with Crippen LogP contribution in [0.2, 0.25) is 0 Å². The summed E-state index contributed by atoms with van der Waals surface area (Å²) in [6, 6.07) is 46.1. The van der Waals surface area contributed by atoms with Crippen molar-refractivity contribution >= 4 is 32.7 Å². The maximum atomic E-state index is 2.49. The molecule has 8 rings (SSSR count). The second-order valence-electron chi connectivity index (χ2n) is 16.1. The molecular formula is C52H58Cl2Hf2Si2. The summed E-state index contributed by atoms with van der Waals surface area (Å²) < 4.78 is 7.52. The minimum absolute atomic E-state index is 0. The van der Waals surface area contributed by atoms with Gasteiger partial charge in [0.1, 0.15) is 0 Å². The molecule has 4 aliphatic rings. The zero-order valence-electron chi connectivity index (χ0n) is 35.6. The standard InChI is InChI=1S/2C12H11Si.4C7H9.2ClH.2Hf/c2*1-3-7-11(8-4-1)13-12-9-5-2-6-10-12;4*1-6-4-3-5-7(6)2;;;;/h2*1-10,13H;4*4H,3H2,1-2H3;2*1H;;/q;;;;;;;;2*+1/p-2. The van der Waals surface area contributed by atoms with Crippen LogP contribution in [0.1, 0.15) is 81.1 Å². The van der Waals surface area contributed by atoms with Crippen LogP contribution in [0.25, 0.3) is 0 Å². The minimum Gasteiger partial charge on any atom is -1.00 e. The zero-order valence-corrected chi connectivity index (χ0v) is 46.6. The van der Waals surface area contributed by atoms with E-state index < -0.39 is 53.2 Å². The fraction of sp³-hybridized carbons (Fsp3) is 0.231. The topological polar surface area (TPSA) is 0 Å². The van der Waals surface area contributed by atoms with E-state index in [4.69, 9.17) is 0 Å². The normalized spacial score (nSPS) is 16.2. The maximum absolute atomic E-state index is 2.49. The van der Waals surface area contributed by atoms with Gasteiger partial charge in [-0.05, 0) is 0 Å². The summed E-state index contributed by atoms with van der Waals surface area (Å²) in [5, 5.41) is 6.58. The third-order valence-corrected chi connectivity index (χ3v) is 74.3. The van der Waals surface area contributed by atoms with Crippen LogP contribution in [0.4, 0.5) is 0 Å². The molecular weight excluding hydrogens is 1110 g/mol. The molecule has 0 aliphatic heterocycles. The first-order chi connectivity index (χ1) is 27.2. The van der Waals surface area contributed by atoms with E-state index in [9.17, 15) is 0 Å². The molecule has 0 nitrogen and oxygen atoms in total. The van der Waals surface area contributed by atoms with E-state index >= 15 is 0 Å². The molecule has 0 heterocycles. The van der Waals surface area contributed by atoms with Crippen LogP contribution in [0.5, 0.6) is 0 Å². The molecule has 0 saturated carbocycles. The summed E-state index contributed by atoms with van der Waals surface area (Å²) in [5.74, 6) is -2.55. The number of rotatable bonds is 10. The molecule has 0 radical (unpaired) electrons. The molecule has 0 unspecified atom stereocenters. The Labute approximate surface area is 379 Å². The van der Waals surface area contributed by atoms with Crippen molar-refractivity contribution in [1.82, 2.24) is 0 Å². The first-order valence-electron chi connectivity index (χ1n) is 20.6. The Morgan fingerprint density at radius 2 is 0.500 bits per heavy atom. The summed E-state index contributed by atoms with van der Waals surface area (Å²) in [6.45, 7) is 18.8. The third kappa shape index (κ3) is 10.0. The van der Waals surface area contributed by atoms with Crippen molar-refractivity contribution in [1.29, 1.82) is 0 Å². The average Bonchev–Trinajstić information content (AvgIpc) is 3.96. The number of allylic oxidation sites excluding steroid dienone is 16. The Bertz CT molecular complexity index is 2000. The number of hydrogen-bond acceptors (Lipinski definition) is 0. The molecule has 0 aromatic heterocycles. The van der Waals surface area contributed by atoms with Gasteiger partial charge in [-0.15, -0.1) is 0 Å². The number of halogens is 2.